The molecular formula is C13H28N2O2. The van der Waals surface area contributed by atoms with E-state index < -0.39 is 5.54 Å². The van der Waals surface area contributed by atoms with Gasteiger partial charge in [0, 0.05) is 13.1 Å². The molecule has 0 aromatic rings. The summed E-state index contributed by atoms with van der Waals surface area (Å²) in [6, 6.07) is 0. The Kier molecular flexibility index (Phi) is 7.39. The van der Waals surface area contributed by atoms with Crippen molar-refractivity contribution in [1.82, 2.24) is 10.2 Å². The van der Waals surface area contributed by atoms with E-state index in [1.807, 2.05) is 6.92 Å². The maximum atomic E-state index is 11.7. The van der Waals surface area contributed by atoms with Crippen molar-refractivity contribution in [3.63, 3.8) is 0 Å². The summed E-state index contributed by atoms with van der Waals surface area (Å²) in [6.45, 7) is 11.4. The van der Waals surface area contributed by atoms with Gasteiger partial charge in [-0.15, -0.1) is 0 Å². The van der Waals surface area contributed by atoms with E-state index >= 15 is 0 Å². The fourth-order valence-corrected chi connectivity index (χ4v) is 1.83. The molecule has 4 heteroatoms. The molecule has 0 rings (SSSR count). The first-order chi connectivity index (χ1) is 7.89. The van der Waals surface area contributed by atoms with Crippen LogP contribution < -0.4 is 5.32 Å². The van der Waals surface area contributed by atoms with Gasteiger partial charge in [-0.1, -0.05) is 20.8 Å². The van der Waals surface area contributed by atoms with E-state index in [4.69, 9.17) is 4.74 Å². The van der Waals surface area contributed by atoms with Gasteiger partial charge in [0.1, 0.15) is 5.54 Å². The number of carbonyl (C=O) groups excluding carboxylic acids is 1. The number of ether oxygens (including phenoxy) is 1. The van der Waals surface area contributed by atoms with Crippen molar-refractivity contribution < 1.29 is 9.53 Å². The first kappa shape index (κ1) is 16.4. The molecular weight excluding hydrogens is 216 g/mol. The minimum atomic E-state index is -0.584. The lowest BCUT2D eigenvalue weighted by Crippen LogP contribution is -2.50. The number of carbonyl (C=O) groups is 1. The van der Waals surface area contributed by atoms with Crippen LogP contribution in [0.5, 0.6) is 0 Å². The third kappa shape index (κ3) is 5.50. The van der Waals surface area contributed by atoms with Crippen molar-refractivity contribution in [3.8, 4) is 0 Å². The molecule has 0 saturated heterocycles. The molecule has 1 atom stereocenters. The lowest BCUT2D eigenvalue weighted by molar-refractivity contribution is -0.148. The zero-order chi connectivity index (χ0) is 13.5. The van der Waals surface area contributed by atoms with Crippen molar-refractivity contribution in [2.24, 2.45) is 5.92 Å². The Balaban J connectivity index is 4.34. The second-order valence-corrected chi connectivity index (χ2v) is 5.11. The lowest BCUT2D eigenvalue weighted by Gasteiger charge is -2.30. The molecule has 1 unspecified atom stereocenters. The van der Waals surface area contributed by atoms with Gasteiger partial charge in [0.05, 0.1) is 7.11 Å². The van der Waals surface area contributed by atoms with E-state index in [1.165, 1.54) is 7.11 Å². The summed E-state index contributed by atoms with van der Waals surface area (Å²) < 4.78 is 4.83. The Morgan fingerprint density at radius 3 is 2.41 bits per heavy atom. The first-order valence-electron chi connectivity index (χ1n) is 6.39. The normalized spacial score (nSPS) is 15.1. The van der Waals surface area contributed by atoms with E-state index in [1.54, 1.807) is 7.05 Å². The summed E-state index contributed by atoms with van der Waals surface area (Å²) in [4.78, 5) is 14.0. The Morgan fingerprint density at radius 2 is 2.06 bits per heavy atom. The molecule has 0 bridgehead atoms. The molecule has 102 valence electrons. The Labute approximate surface area is 106 Å². The minimum absolute atomic E-state index is 0.194. The van der Waals surface area contributed by atoms with Crippen molar-refractivity contribution in [3.05, 3.63) is 0 Å². The van der Waals surface area contributed by atoms with Gasteiger partial charge in [0.15, 0.2) is 0 Å². The molecule has 1 N–H and O–H groups in total. The SMILES string of the molecule is CCN(CCC(C)(NC)C(=O)OC)CC(C)C. The molecule has 0 aromatic heterocycles. The summed E-state index contributed by atoms with van der Waals surface area (Å²) in [7, 11) is 3.24. The van der Waals surface area contributed by atoms with Crippen LogP contribution in [0.4, 0.5) is 0 Å². The van der Waals surface area contributed by atoms with Gasteiger partial charge in [0.25, 0.3) is 0 Å². The van der Waals surface area contributed by atoms with Gasteiger partial charge in [-0.05, 0) is 32.9 Å². The smallest absolute Gasteiger partial charge is 0.325 e. The third-order valence-electron chi connectivity index (χ3n) is 3.19. The monoisotopic (exact) mass is 244 g/mol. The number of hydrogen-bond donors (Lipinski definition) is 1. The second-order valence-electron chi connectivity index (χ2n) is 5.11. The molecule has 0 saturated carbocycles. The fourth-order valence-electron chi connectivity index (χ4n) is 1.83. The standard InChI is InChI=1S/C13H28N2O2/c1-7-15(10-11(2)3)9-8-13(4,14-5)12(16)17-6/h11,14H,7-10H2,1-6H3. The van der Waals surface area contributed by atoms with E-state index in [9.17, 15) is 4.79 Å². The van der Waals surface area contributed by atoms with Gasteiger partial charge in [-0.2, -0.15) is 0 Å². The summed E-state index contributed by atoms with van der Waals surface area (Å²) in [5.74, 6) is 0.453. The topological polar surface area (TPSA) is 41.6 Å². The Hall–Kier alpha value is -0.610. The van der Waals surface area contributed by atoms with Gasteiger partial charge in [0.2, 0.25) is 0 Å². The third-order valence-corrected chi connectivity index (χ3v) is 3.19. The molecule has 17 heavy (non-hydrogen) atoms. The highest BCUT2D eigenvalue weighted by Gasteiger charge is 2.32. The molecule has 0 spiro atoms. The molecule has 0 aliphatic carbocycles. The predicted molar refractivity (Wildman–Crippen MR) is 71.0 cm³/mol. The van der Waals surface area contributed by atoms with Crippen molar-refractivity contribution in [1.29, 1.82) is 0 Å². The maximum Gasteiger partial charge on any atom is 0.325 e. The lowest BCUT2D eigenvalue weighted by atomic mass is 9.97. The van der Waals surface area contributed by atoms with Gasteiger partial charge in [-0.25, -0.2) is 0 Å². The number of methoxy groups -OCH3 is 1. The molecule has 0 aliphatic heterocycles. The number of esters is 1. The largest absolute Gasteiger partial charge is 0.468 e. The molecule has 0 fully saturated rings. The van der Waals surface area contributed by atoms with Gasteiger partial charge >= 0.3 is 5.97 Å². The summed E-state index contributed by atoms with van der Waals surface area (Å²) in [5.41, 5.74) is -0.584. The molecule has 0 heterocycles. The van der Waals surface area contributed by atoms with Crippen LogP contribution in [0.25, 0.3) is 0 Å². The maximum absolute atomic E-state index is 11.7. The van der Waals surface area contributed by atoms with Crippen LogP contribution in [0, 0.1) is 5.92 Å². The Morgan fingerprint density at radius 1 is 1.47 bits per heavy atom. The van der Waals surface area contributed by atoms with Crippen LogP contribution in [0.15, 0.2) is 0 Å². The number of nitrogens with one attached hydrogen (secondary N) is 1. The highest BCUT2D eigenvalue weighted by Crippen LogP contribution is 2.13. The van der Waals surface area contributed by atoms with Crippen LogP contribution in [0.2, 0.25) is 0 Å². The summed E-state index contributed by atoms with van der Waals surface area (Å²) >= 11 is 0. The summed E-state index contributed by atoms with van der Waals surface area (Å²) in [5, 5.41) is 3.06. The zero-order valence-corrected chi connectivity index (χ0v) is 12.2. The molecule has 0 amide bonds. The van der Waals surface area contributed by atoms with E-state index in [0.717, 1.165) is 26.1 Å². The first-order valence-corrected chi connectivity index (χ1v) is 6.39. The minimum Gasteiger partial charge on any atom is -0.468 e. The van der Waals surface area contributed by atoms with Crippen LogP contribution in [-0.4, -0.2) is 50.2 Å². The van der Waals surface area contributed by atoms with Crippen molar-refractivity contribution in [2.45, 2.75) is 39.7 Å². The highest BCUT2D eigenvalue weighted by atomic mass is 16.5. The van der Waals surface area contributed by atoms with Crippen LogP contribution >= 0.6 is 0 Å². The van der Waals surface area contributed by atoms with Gasteiger partial charge < -0.3 is 15.0 Å². The Bertz CT molecular complexity index is 231. The summed E-state index contributed by atoms with van der Waals surface area (Å²) in [6.07, 6.45) is 0.761. The average Bonchev–Trinajstić information content (AvgIpc) is 2.32. The van der Waals surface area contributed by atoms with Crippen molar-refractivity contribution >= 4 is 5.97 Å². The fraction of sp³-hybridized carbons (Fsp3) is 0.923. The highest BCUT2D eigenvalue weighted by molar-refractivity contribution is 5.80. The number of rotatable bonds is 8. The quantitative estimate of drug-likeness (QED) is 0.657. The second kappa shape index (κ2) is 7.67. The molecule has 4 nitrogen and oxygen atoms in total. The van der Waals surface area contributed by atoms with Crippen LogP contribution in [0.1, 0.15) is 34.1 Å². The van der Waals surface area contributed by atoms with Crippen LogP contribution in [0.3, 0.4) is 0 Å². The molecule has 0 aromatic carbocycles. The molecule has 0 radical (unpaired) electrons. The van der Waals surface area contributed by atoms with Gasteiger partial charge in [-0.3, -0.25) is 4.79 Å². The van der Waals surface area contributed by atoms with Crippen molar-refractivity contribution in [2.75, 3.05) is 33.8 Å². The molecule has 0 aliphatic rings. The zero-order valence-electron chi connectivity index (χ0n) is 12.2. The number of nitrogens with zero attached hydrogens (tertiary/aromatic N) is 1. The number of hydrogen-bond acceptors (Lipinski definition) is 4. The number of likely N-dealkylation sites (N-methyl/N-ethyl adjacent to an activating group) is 1. The van der Waals surface area contributed by atoms with E-state index in [-0.39, 0.29) is 5.97 Å². The average molecular weight is 244 g/mol. The van der Waals surface area contributed by atoms with E-state index in [2.05, 4.69) is 31.0 Å². The van der Waals surface area contributed by atoms with Crippen LogP contribution in [-0.2, 0) is 9.53 Å². The predicted octanol–water partition coefficient (Wildman–Crippen LogP) is 1.51. The van der Waals surface area contributed by atoms with E-state index in [0.29, 0.717) is 5.92 Å².